The summed E-state index contributed by atoms with van der Waals surface area (Å²) in [5.74, 6) is 0.903. The Morgan fingerprint density at radius 2 is 1.53 bits per heavy atom. The fourth-order valence-electron chi connectivity index (χ4n) is 4.48. The number of carbonyl (C=O) groups excluding carboxylic acids is 1. The van der Waals surface area contributed by atoms with Crippen LogP contribution in [0.4, 0.5) is 0 Å². The van der Waals surface area contributed by atoms with Crippen molar-refractivity contribution in [2.24, 2.45) is 5.10 Å². The number of para-hydroxylation sites is 1. The molecular weight excluding hydrogens is 474 g/mol. The quantitative estimate of drug-likeness (QED) is 0.260. The first-order valence-corrected chi connectivity index (χ1v) is 12.4. The smallest absolute Gasteiger partial charge is 0.243 e. The molecule has 0 N–H and O–H groups in total. The Kier molecular flexibility index (Phi) is 6.28. The normalized spacial score (nSPS) is 14.7. The summed E-state index contributed by atoms with van der Waals surface area (Å²) in [6.07, 6.45) is -0.716. The number of pyridine rings is 1. The molecule has 4 aromatic carbocycles. The average Bonchev–Trinajstić information content (AvgIpc) is 3.43. The average molecular weight is 500 g/mol. The lowest BCUT2D eigenvalue weighted by Crippen LogP contribution is -2.25. The first-order valence-electron chi connectivity index (χ1n) is 12.4. The molecule has 5 aromatic rings. The molecule has 0 bridgehead atoms. The topological polar surface area (TPSA) is 64.0 Å². The van der Waals surface area contributed by atoms with Crippen molar-refractivity contribution in [2.45, 2.75) is 19.8 Å². The van der Waals surface area contributed by atoms with Crippen molar-refractivity contribution in [1.29, 1.82) is 0 Å². The zero-order valence-corrected chi connectivity index (χ0v) is 20.8. The molecule has 6 heteroatoms. The molecule has 1 amide bonds. The Hall–Kier alpha value is -4.97. The molecule has 0 aliphatic carbocycles. The van der Waals surface area contributed by atoms with Gasteiger partial charge in [0.2, 0.25) is 18.0 Å². The van der Waals surface area contributed by atoms with Crippen molar-refractivity contribution in [3.8, 4) is 17.0 Å². The van der Waals surface area contributed by atoms with Crippen LogP contribution in [0.2, 0.25) is 0 Å². The Morgan fingerprint density at radius 1 is 0.842 bits per heavy atom. The Morgan fingerprint density at radius 3 is 2.26 bits per heavy atom. The second-order valence-electron chi connectivity index (χ2n) is 9.02. The minimum atomic E-state index is -0.716. The van der Waals surface area contributed by atoms with E-state index in [0.29, 0.717) is 12.5 Å². The fraction of sp³-hybridized carbons (Fsp3) is 0.0938. The molecule has 38 heavy (non-hydrogen) atoms. The van der Waals surface area contributed by atoms with Crippen molar-refractivity contribution in [3.63, 3.8) is 0 Å². The van der Waals surface area contributed by atoms with E-state index >= 15 is 0 Å². The molecule has 0 fully saturated rings. The summed E-state index contributed by atoms with van der Waals surface area (Å²) in [5.41, 5.74) is 5.29. The Bertz CT molecular complexity index is 1620. The highest BCUT2D eigenvalue weighted by atomic mass is 16.5. The second-order valence-corrected chi connectivity index (χ2v) is 9.02. The van der Waals surface area contributed by atoms with E-state index in [9.17, 15) is 4.79 Å². The van der Waals surface area contributed by atoms with Gasteiger partial charge in [-0.2, -0.15) is 5.01 Å². The van der Waals surface area contributed by atoms with Crippen LogP contribution in [0.5, 0.6) is 5.75 Å². The molecule has 1 atom stereocenters. The maximum absolute atomic E-state index is 12.7. The SMILES string of the molecule is CC(=O)N1N=C(c2ccc(OCc3ccccc3)cc2)O[C@H]1c1cc(-c2ccccc2)nc2ccccc12. The monoisotopic (exact) mass is 499 g/mol. The lowest BCUT2D eigenvalue weighted by molar-refractivity contribution is -0.135. The number of hydrogen-bond acceptors (Lipinski definition) is 5. The second kappa shape index (κ2) is 10.2. The van der Waals surface area contributed by atoms with Gasteiger partial charge in [0.05, 0.1) is 11.2 Å². The van der Waals surface area contributed by atoms with Crippen LogP contribution < -0.4 is 4.74 Å². The van der Waals surface area contributed by atoms with E-state index in [-0.39, 0.29) is 5.91 Å². The number of hydrazone groups is 1. The van der Waals surface area contributed by atoms with Gasteiger partial charge in [0.15, 0.2) is 0 Å². The Balaban J connectivity index is 1.30. The van der Waals surface area contributed by atoms with Gasteiger partial charge in [-0.15, -0.1) is 5.10 Å². The zero-order chi connectivity index (χ0) is 25.9. The van der Waals surface area contributed by atoms with Crippen LogP contribution >= 0.6 is 0 Å². The molecular formula is C32H25N3O3. The van der Waals surface area contributed by atoms with Gasteiger partial charge in [-0.25, -0.2) is 4.98 Å². The number of rotatable bonds is 6. The van der Waals surface area contributed by atoms with Gasteiger partial charge < -0.3 is 9.47 Å². The van der Waals surface area contributed by atoms with Crippen LogP contribution in [0.25, 0.3) is 22.2 Å². The highest BCUT2D eigenvalue weighted by molar-refractivity contribution is 5.97. The number of aromatic nitrogens is 1. The number of ether oxygens (including phenoxy) is 2. The van der Waals surface area contributed by atoms with Gasteiger partial charge >= 0.3 is 0 Å². The molecule has 6 rings (SSSR count). The van der Waals surface area contributed by atoms with Crippen LogP contribution in [0, 0.1) is 0 Å². The van der Waals surface area contributed by atoms with Crippen LogP contribution in [0.1, 0.15) is 29.8 Å². The molecule has 0 unspecified atom stereocenters. The summed E-state index contributed by atoms with van der Waals surface area (Å²) < 4.78 is 12.3. The minimum Gasteiger partial charge on any atom is -0.489 e. The van der Waals surface area contributed by atoms with Gasteiger partial charge in [-0.1, -0.05) is 78.9 Å². The molecule has 0 saturated carbocycles. The van der Waals surface area contributed by atoms with Crippen LogP contribution in [0.3, 0.4) is 0 Å². The maximum Gasteiger partial charge on any atom is 0.243 e. The van der Waals surface area contributed by atoms with E-state index in [1.54, 1.807) is 0 Å². The van der Waals surface area contributed by atoms with Gasteiger partial charge in [0, 0.05) is 29.0 Å². The van der Waals surface area contributed by atoms with Crippen molar-refractivity contribution in [1.82, 2.24) is 9.99 Å². The molecule has 0 radical (unpaired) electrons. The lowest BCUT2D eigenvalue weighted by Gasteiger charge is -2.21. The predicted octanol–water partition coefficient (Wildman–Crippen LogP) is 6.72. The van der Waals surface area contributed by atoms with Crippen LogP contribution in [-0.2, 0) is 16.1 Å². The summed E-state index contributed by atoms with van der Waals surface area (Å²) >= 11 is 0. The lowest BCUT2D eigenvalue weighted by atomic mass is 10.0. The van der Waals surface area contributed by atoms with Crippen molar-refractivity contribution in [2.75, 3.05) is 0 Å². The number of benzene rings is 4. The fourth-order valence-corrected chi connectivity index (χ4v) is 4.48. The van der Waals surface area contributed by atoms with Gasteiger partial charge in [-0.05, 0) is 42.0 Å². The van der Waals surface area contributed by atoms with Gasteiger partial charge in [0.1, 0.15) is 12.4 Å². The molecule has 186 valence electrons. The van der Waals surface area contributed by atoms with Crippen molar-refractivity contribution < 1.29 is 14.3 Å². The molecule has 1 aliphatic rings. The van der Waals surface area contributed by atoms with E-state index in [2.05, 4.69) is 5.10 Å². The summed E-state index contributed by atoms with van der Waals surface area (Å²) in [4.78, 5) is 17.5. The molecule has 0 saturated heterocycles. The zero-order valence-electron chi connectivity index (χ0n) is 20.8. The third kappa shape index (κ3) is 4.72. The number of amides is 1. The summed E-state index contributed by atoms with van der Waals surface area (Å²) in [6, 6.07) is 37.4. The molecule has 2 heterocycles. The van der Waals surface area contributed by atoms with E-state index in [1.807, 2.05) is 115 Å². The third-order valence-electron chi connectivity index (χ3n) is 6.40. The number of hydrogen-bond donors (Lipinski definition) is 0. The van der Waals surface area contributed by atoms with Gasteiger partial charge in [0.25, 0.3) is 0 Å². The van der Waals surface area contributed by atoms with Crippen molar-refractivity contribution >= 4 is 22.7 Å². The standard InChI is InChI=1S/C32H25N3O3/c1-22(36)35-32(28-20-30(24-12-6-3-7-13-24)33-29-15-9-8-14-27(28)29)38-31(34-35)25-16-18-26(19-17-25)37-21-23-10-4-2-5-11-23/h2-20,32H,21H2,1H3/t32-/m0/s1. The molecule has 0 spiro atoms. The van der Waals surface area contributed by atoms with Crippen LogP contribution in [0.15, 0.2) is 120 Å². The summed E-state index contributed by atoms with van der Waals surface area (Å²) in [7, 11) is 0. The number of fused-ring (bicyclic) bond motifs is 1. The first kappa shape index (κ1) is 23.4. The Labute approximate surface area is 220 Å². The van der Waals surface area contributed by atoms with E-state index in [4.69, 9.17) is 14.5 Å². The number of nitrogens with zero attached hydrogens (tertiary/aromatic N) is 3. The highest BCUT2D eigenvalue weighted by Gasteiger charge is 2.34. The summed E-state index contributed by atoms with van der Waals surface area (Å²) in [5, 5.41) is 6.87. The van der Waals surface area contributed by atoms with Crippen molar-refractivity contribution in [3.05, 3.63) is 132 Å². The minimum absolute atomic E-state index is 0.213. The molecule has 1 aromatic heterocycles. The molecule has 1 aliphatic heterocycles. The van der Waals surface area contributed by atoms with Crippen LogP contribution in [-0.4, -0.2) is 21.8 Å². The highest BCUT2D eigenvalue weighted by Crippen LogP contribution is 2.36. The maximum atomic E-state index is 12.7. The first-order chi connectivity index (χ1) is 18.7. The summed E-state index contributed by atoms with van der Waals surface area (Å²) in [6.45, 7) is 1.97. The largest absolute Gasteiger partial charge is 0.489 e. The number of carbonyl (C=O) groups is 1. The molecule has 6 nitrogen and oxygen atoms in total. The van der Waals surface area contributed by atoms with E-state index in [0.717, 1.165) is 44.6 Å². The predicted molar refractivity (Wildman–Crippen MR) is 147 cm³/mol. The third-order valence-corrected chi connectivity index (χ3v) is 6.40. The van der Waals surface area contributed by atoms with E-state index < -0.39 is 6.23 Å². The van der Waals surface area contributed by atoms with E-state index in [1.165, 1.54) is 11.9 Å². The van der Waals surface area contributed by atoms with Gasteiger partial charge in [-0.3, -0.25) is 4.79 Å².